The second-order valence-electron chi connectivity index (χ2n) is 4.15. The number of likely N-dealkylation sites (tertiary alicyclic amines) is 1. The van der Waals surface area contributed by atoms with Crippen molar-refractivity contribution in [1.82, 2.24) is 14.5 Å². The molecule has 1 amide bonds. The number of methoxy groups -OCH3 is 1. The van der Waals surface area contributed by atoms with Crippen LogP contribution < -0.4 is 0 Å². The fourth-order valence-electron chi connectivity index (χ4n) is 1.97. The molecule has 1 fully saturated rings. The third kappa shape index (κ3) is 2.30. The van der Waals surface area contributed by atoms with Crippen molar-refractivity contribution >= 4 is 11.9 Å². The Balaban J connectivity index is 2.02. The van der Waals surface area contributed by atoms with Crippen molar-refractivity contribution in [2.45, 2.75) is 13.0 Å². The van der Waals surface area contributed by atoms with E-state index in [1.807, 2.05) is 17.8 Å². The van der Waals surface area contributed by atoms with Crippen molar-refractivity contribution in [2.75, 3.05) is 13.7 Å². The van der Waals surface area contributed by atoms with E-state index in [1.165, 1.54) is 7.11 Å². The number of rotatable bonds is 3. The summed E-state index contributed by atoms with van der Waals surface area (Å²) in [7, 11) is 3.22. The highest BCUT2D eigenvalue weighted by Gasteiger charge is 2.35. The maximum Gasteiger partial charge on any atom is 0.310 e. The lowest BCUT2D eigenvalue weighted by Crippen LogP contribution is -2.27. The first kappa shape index (κ1) is 11.6. The molecular formula is C11H15N3O3. The number of nitrogens with zero attached hydrogens (tertiary/aromatic N) is 3. The van der Waals surface area contributed by atoms with Crippen LogP contribution in [0.5, 0.6) is 0 Å². The monoisotopic (exact) mass is 237 g/mol. The number of aromatic nitrogens is 2. The van der Waals surface area contributed by atoms with Gasteiger partial charge in [0.15, 0.2) is 0 Å². The van der Waals surface area contributed by atoms with E-state index >= 15 is 0 Å². The molecule has 2 rings (SSSR count). The molecule has 1 aromatic rings. The molecule has 1 aliphatic heterocycles. The Morgan fingerprint density at radius 3 is 3.00 bits per heavy atom. The molecule has 0 bridgehead atoms. The molecule has 0 N–H and O–H groups in total. The highest BCUT2D eigenvalue weighted by atomic mass is 16.5. The number of amides is 1. The zero-order valence-corrected chi connectivity index (χ0v) is 9.92. The van der Waals surface area contributed by atoms with E-state index in [-0.39, 0.29) is 24.2 Å². The topological polar surface area (TPSA) is 64.4 Å². The molecule has 2 heterocycles. The van der Waals surface area contributed by atoms with Crippen LogP contribution in [0.15, 0.2) is 12.4 Å². The number of carbonyl (C=O) groups is 2. The summed E-state index contributed by atoms with van der Waals surface area (Å²) in [6.07, 6.45) is 3.75. The molecule has 1 atom stereocenters. The lowest BCUT2D eigenvalue weighted by Gasteiger charge is -2.15. The summed E-state index contributed by atoms with van der Waals surface area (Å²) in [6, 6.07) is 0. The molecule has 1 aliphatic rings. The van der Waals surface area contributed by atoms with Gasteiger partial charge in [0.05, 0.1) is 19.6 Å². The van der Waals surface area contributed by atoms with Gasteiger partial charge in [-0.2, -0.15) is 0 Å². The summed E-state index contributed by atoms with van der Waals surface area (Å²) < 4.78 is 6.51. The number of hydrogen-bond acceptors (Lipinski definition) is 4. The van der Waals surface area contributed by atoms with Crippen molar-refractivity contribution in [1.29, 1.82) is 0 Å². The van der Waals surface area contributed by atoms with Crippen LogP contribution in [0.1, 0.15) is 12.2 Å². The average Bonchev–Trinajstić information content (AvgIpc) is 2.87. The Morgan fingerprint density at radius 1 is 1.65 bits per heavy atom. The Kier molecular flexibility index (Phi) is 3.12. The predicted molar refractivity (Wildman–Crippen MR) is 58.7 cm³/mol. The predicted octanol–water partition coefficient (Wildman–Crippen LogP) is -0.0584. The van der Waals surface area contributed by atoms with Gasteiger partial charge in [-0.15, -0.1) is 0 Å². The van der Waals surface area contributed by atoms with Gasteiger partial charge in [0, 0.05) is 32.4 Å². The van der Waals surface area contributed by atoms with E-state index in [1.54, 1.807) is 11.1 Å². The van der Waals surface area contributed by atoms with Crippen LogP contribution >= 0.6 is 0 Å². The summed E-state index contributed by atoms with van der Waals surface area (Å²) in [5.74, 6) is 0.126. The number of hydrogen-bond donors (Lipinski definition) is 0. The first-order valence-corrected chi connectivity index (χ1v) is 5.43. The molecular weight excluding hydrogens is 222 g/mol. The van der Waals surface area contributed by atoms with Gasteiger partial charge >= 0.3 is 5.97 Å². The van der Waals surface area contributed by atoms with E-state index in [0.29, 0.717) is 13.1 Å². The number of imidazole rings is 1. The third-order valence-electron chi connectivity index (χ3n) is 3.00. The summed E-state index contributed by atoms with van der Waals surface area (Å²) in [5.41, 5.74) is 0. The van der Waals surface area contributed by atoms with Crippen LogP contribution in [0.3, 0.4) is 0 Å². The minimum absolute atomic E-state index is 0.0246. The number of esters is 1. The second kappa shape index (κ2) is 4.57. The standard InChI is InChI=1S/C11H15N3O3/c1-13-4-3-12-9(13)7-14-6-8(5-10(14)15)11(16)17-2/h3-4,8H,5-7H2,1-2H3. The third-order valence-corrected chi connectivity index (χ3v) is 3.00. The van der Waals surface area contributed by atoms with Crippen molar-refractivity contribution in [2.24, 2.45) is 13.0 Å². The molecule has 1 saturated heterocycles. The highest BCUT2D eigenvalue weighted by Crippen LogP contribution is 2.20. The fourth-order valence-corrected chi connectivity index (χ4v) is 1.97. The molecule has 1 aromatic heterocycles. The van der Waals surface area contributed by atoms with Crippen molar-refractivity contribution in [3.05, 3.63) is 18.2 Å². The average molecular weight is 237 g/mol. The maximum absolute atomic E-state index is 11.7. The summed E-state index contributed by atoms with van der Waals surface area (Å²) in [6.45, 7) is 0.855. The van der Waals surface area contributed by atoms with Crippen molar-refractivity contribution in [3.8, 4) is 0 Å². The molecule has 92 valence electrons. The maximum atomic E-state index is 11.7. The summed E-state index contributed by atoms with van der Waals surface area (Å²) >= 11 is 0. The van der Waals surface area contributed by atoms with Gasteiger partial charge in [0.25, 0.3) is 0 Å². The lowest BCUT2D eigenvalue weighted by atomic mass is 10.1. The lowest BCUT2D eigenvalue weighted by molar-refractivity contribution is -0.145. The molecule has 6 heteroatoms. The summed E-state index contributed by atoms with van der Waals surface area (Å²) in [4.78, 5) is 28.9. The highest BCUT2D eigenvalue weighted by molar-refractivity contribution is 5.86. The molecule has 0 spiro atoms. The van der Waals surface area contributed by atoms with E-state index < -0.39 is 0 Å². The molecule has 0 radical (unpaired) electrons. The molecule has 6 nitrogen and oxygen atoms in total. The minimum atomic E-state index is -0.340. The largest absolute Gasteiger partial charge is 0.469 e. The van der Waals surface area contributed by atoms with Crippen LogP contribution in [-0.4, -0.2) is 40.0 Å². The molecule has 0 aliphatic carbocycles. The van der Waals surface area contributed by atoms with Crippen LogP contribution in [0.4, 0.5) is 0 Å². The Morgan fingerprint density at radius 2 is 2.41 bits per heavy atom. The molecule has 1 unspecified atom stereocenters. The van der Waals surface area contributed by atoms with Gasteiger partial charge in [0.2, 0.25) is 5.91 Å². The Labute approximate surface area is 99.2 Å². The zero-order chi connectivity index (χ0) is 12.4. The quantitative estimate of drug-likeness (QED) is 0.691. The normalized spacial score (nSPS) is 19.8. The van der Waals surface area contributed by atoms with Gasteiger partial charge < -0.3 is 14.2 Å². The van der Waals surface area contributed by atoms with E-state index in [9.17, 15) is 9.59 Å². The zero-order valence-electron chi connectivity index (χ0n) is 9.92. The fraction of sp³-hybridized carbons (Fsp3) is 0.545. The molecule has 0 aromatic carbocycles. The van der Waals surface area contributed by atoms with Gasteiger partial charge in [0.1, 0.15) is 5.82 Å². The minimum Gasteiger partial charge on any atom is -0.469 e. The number of aryl methyl sites for hydroxylation is 1. The van der Waals surface area contributed by atoms with E-state index in [0.717, 1.165) is 5.82 Å². The van der Waals surface area contributed by atoms with Crippen molar-refractivity contribution < 1.29 is 14.3 Å². The van der Waals surface area contributed by atoms with Gasteiger partial charge in [-0.1, -0.05) is 0 Å². The number of carbonyl (C=O) groups excluding carboxylic acids is 2. The van der Waals surface area contributed by atoms with Gasteiger partial charge in [-0.25, -0.2) is 4.98 Å². The van der Waals surface area contributed by atoms with Crippen LogP contribution in [-0.2, 0) is 27.9 Å². The SMILES string of the molecule is COC(=O)C1CC(=O)N(Cc2nccn2C)C1. The van der Waals surface area contributed by atoms with Crippen LogP contribution in [0.25, 0.3) is 0 Å². The van der Waals surface area contributed by atoms with Crippen molar-refractivity contribution in [3.63, 3.8) is 0 Å². The van der Waals surface area contributed by atoms with Gasteiger partial charge in [-0.3, -0.25) is 9.59 Å². The van der Waals surface area contributed by atoms with Crippen LogP contribution in [0, 0.1) is 5.92 Å². The van der Waals surface area contributed by atoms with E-state index in [4.69, 9.17) is 0 Å². The van der Waals surface area contributed by atoms with E-state index in [2.05, 4.69) is 9.72 Å². The second-order valence-corrected chi connectivity index (χ2v) is 4.15. The first-order valence-electron chi connectivity index (χ1n) is 5.43. The Hall–Kier alpha value is -1.85. The smallest absolute Gasteiger partial charge is 0.310 e. The number of ether oxygens (including phenoxy) is 1. The molecule has 17 heavy (non-hydrogen) atoms. The van der Waals surface area contributed by atoms with Gasteiger partial charge in [-0.05, 0) is 0 Å². The molecule has 0 saturated carbocycles. The summed E-state index contributed by atoms with van der Waals surface area (Å²) in [5, 5.41) is 0. The van der Waals surface area contributed by atoms with Crippen LogP contribution in [0.2, 0.25) is 0 Å². The first-order chi connectivity index (χ1) is 8.11. The Bertz CT molecular complexity index is 441.